The van der Waals surface area contributed by atoms with Gasteiger partial charge in [-0.05, 0) is 56.9 Å². The number of likely N-dealkylation sites (tertiary alicyclic amines) is 1. The Morgan fingerprint density at radius 3 is 2.94 bits per heavy atom. The zero-order chi connectivity index (χ0) is 11.4. The largest absolute Gasteiger partial charge is 0.330 e. The predicted molar refractivity (Wildman–Crippen MR) is 72.9 cm³/mol. The van der Waals surface area contributed by atoms with E-state index < -0.39 is 0 Å². The van der Waals surface area contributed by atoms with Crippen molar-refractivity contribution in [2.45, 2.75) is 50.3 Å². The Labute approximate surface area is 104 Å². The van der Waals surface area contributed by atoms with Gasteiger partial charge in [0.1, 0.15) is 0 Å². The van der Waals surface area contributed by atoms with Crippen molar-refractivity contribution in [3.05, 3.63) is 0 Å². The molecule has 0 saturated carbocycles. The minimum atomic E-state index is 0.838. The number of hydrogen-bond donors (Lipinski definition) is 1. The maximum Gasteiger partial charge on any atom is 0.0212 e. The van der Waals surface area contributed by atoms with Crippen molar-refractivity contribution >= 4 is 11.8 Å². The second kappa shape index (κ2) is 6.27. The topological polar surface area (TPSA) is 29.3 Å². The Balaban J connectivity index is 1.87. The standard InChI is InChI=1S/C13H26N2S/c1-11-13(5-3-9-16-11)15-8-2-4-12(10-15)6-7-14/h11-13H,2-10,14H2,1H3. The van der Waals surface area contributed by atoms with Gasteiger partial charge in [0.15, 0.2) is 0 Å². The molecular weight excluding hydrogens is 216 g/mol. The molecule has 2 N–H and O–H groups in total. The van der Waals surface area contributed by atoms with Crippen LogP contribution < -0.4 is 5.73 Å². The minimum Gasteiger partial charge on any atom is -0.330 e. The quantitative estimate of drug-likeness (QED) is 0.823. The average molecular weight is 242 g/mol. The Hall–Kier alpha value is 0.270. The summed E-state index contributed by atoms with van der Waals surface area (Å²) in [6.45, 7) is 5.93. The zero-order valence-corrected chi connectivity index (χ0v) is 11.3. The molecule has 2 nitrogen and oxygen atoms in total. The first kappa shape index (κ1) is 12.7. The zero-order valence-electron chi connectivity index (χ0n) is 10.5. The summed E-state index contributed by atoms with van der Waals surface area (Å²) in [6, 6.07) is 0.847. The Bertz CT molecular complexity index is 208. The lowest BCUT2D eigenvalue weighted by Gasteiger charge is -2.42. The number of nitrogens with two attached hydrogens (primary N) is 1. The molecule has 0 aromatic carbocycles. The molecule has 16 heavy (non-hydrogen) atoms. The second-order valence-electron chi connectivity index (χ2n) is 5.37. The summed E-state index contributed by atoms with van der Waals surface area (Å²) < 4.78 is 0. The smallest absolute Gasteiger partial charge is 0.0212 e. The summed E-state index contributed by atoms with van der Waals surface area (Å²) in [7, 11) is 0. The van der Waals surface area contributed by atoms with Gasteiger partial charge in [-0.1, -0.05) is 6.92 Å². The Kier molecular flexibility index (Phi) is 4.98. The van der Waals surface area contributed by atoms with Crippen molar-refractivity contribution < 1.29 is 0 Å². The van der Waals surface area contributed by atoms with Gasteiger partial charge < -0.3 is 5.73 Å². The molecule has 2 fully saturated rings. The van der Waals surface area contributed by atoms with E-state index in [0.29, 0.717) is 0 Å². The number of hydrogen-bond acceptors (Lipinski definition) is 3. The average Bonchev–Trinajstić information content (AvgIpc) is 2.30. The van der Waals surface area contributed by atoms with Gasteiger partial charge in [-0.3, -0.25) is 4.90 Å². The van der Waals surface area contributed by atoms with E-state index in [1.165, 1.54) is 50.9 Å². The van der Waals surface area contributed by atoms with Crippen molar-refractivity contribution in [3.63, 3.8) is 0 Å². The first-order chi connectivity index (χ1) is 7.81. The Morgan fingerprint density at radius 2 is 2.19 bits per heavy atom. The van der Waals surface area contributed by atoms with Gasteiger partial charge in [0.05, 0.1) is 0 Å². The van der Waals surface area contributed by atoms with E-state index >= 15 is 0 Å². The van der Waals surface area contributed by atoms with E-state index in [1.54, 1.807) is 0 Å². The molecule has 2 heterocycles. The van der Waals surface area contributed by atoms with Crippen LogP contribution in [0.5, 0.6) is 0 Å². The van der Waals surface area contributed by atoms with E-state index in [4.69, 9.17) is 5.73 Å². The van der Waals surface area contributed by atoms with Gasteiger partial charge in [0.2, 0.25) is 0 Å². The third-order valence-electron chi connectivity index (χ3n) is 4.16. The van der Waals surface area contributed by atoms with Gasteiger partial charge in [0, 0.05) is 17.8 Å². The van der Waals surface area contributed by atoms with Crippen molar-refractivity contribution in [1.29, 1.82) is 0 Å². The molecule has 2 rings (SSSR count). The summed E-state index contributed by atoms with van der Waals surface area (Å²) in [6.07, 6.45) is 6.85. The summed E-state index contributed by atoms with van der Waals surface area (Å²) in [5.41, 5.74) is 5.69. The Morgan fingerprint density at radius 1 is 1.31 bits per heavy atom. The maximum atomic E-state index is 5.69. The van der Waals surface area contributed by atoms with Crippen LogP contribution in [0.25, 0.3) is 0 Å². The van der Waals surface area contributed by atoms with Crippen molar-refractivity contribution in [1.82, 2.24) is 4.90 Å². The number of rotatable bonds is 3. The molecular formula is C13H26N2S. The molecule has 3 unspecified atom stereocenters. The monoisotopic (exact) mass is 242 g/mol. The molecule has 0 spiro atoms. The van der Waals surface area contributed by atoms with Gasteiger partial charge in [0.25, 0.3) is 0 Å². The fraction of sp³-hybridized carbons (Fsp3) is 1.00. The van der Waals surface area contributed by atoms with Crippen LogP contribution in [-0.2, 0) is 0 Å². The van der Waals surface area contributed by atoms with Crippen molar-refractivity contribution in [2.24, 2.45) is 11.7 Å². The van der Waals surface area contributed by atoms with E-state index in [0.717, 1.165) is 23.8 Å². The molecule has 0 aromatic rings. The fourth-order valence-corrected chi connectivity index (χ4v) is 4.49. The van der Waals surface area contributed by atoms with Gasteiger partial charge in [-0.25, -0.2) is 0 Å². The molecule has 94 valence electrons. The summed E-state index contributed by atoms with van der Waals surface area (Å²) in [5, 5.41) is 0.838. The normalized spacial score (nSPS) is 37.5. The highest BCUT2D eigenvalue weighted by atomic mass is 32.2. The highest BCUT2D eigenvalue weighted by Gasteiger charge is 2.30. The van der Waals surface area contributed by atoms with Crippen molar-refractivity contribution in [3.8, 4) is 0 Å². The highest BCUT2D eigenvalue weighted by Crippen LogP contribution is 2.31. The first-order valence-corrected chi connectivity index (χ1v) is 7.92. The molecule has 0 radical (unpaired) electrons. The van der Waals surface area contributed by atoms with E-state index in [2.05, 4.69) is 23.6 Å². The lowest BCUT2D eigenvalue weighted by Crippen LogP contribution is -2.48. The first-order valence-electron chi connectivity index (χ1n) is 6.87. The van der Waals surface area contributed by atoms with Crippen LogP contribution in [0.4, 0.5) is 0 Å². The highest BCUT2D eigenvalue weighted by molar-refractivity contribution is 7.99. The molecule has 3 heteroatoms. The minimum absolute atomic E-state index is 0.838. The molecule has 2 aliphatic heterocycles. The van der Waals surface area contributed by atoms with Crippen molar-refractivity contribution in [2.75, 3.05) is 25.4 Å². The third-order valence-corrected chi connectivity index (χ3v) is 5.53. The molecule has 0 bridgehead atoms. The van der Waals surface area contributed by atoms with Crippen LogP contribution in [0.1, 0.15) is 39.0 Å². The SMILES string of the molecule is CC1SCCCC1N1CCCC(CCN)C1. The summed E-state index contributed by atoms with van der Waals surface area (Å²) in [5.74, 6) is 2.25. The van der Waals surface area contributed by atoms with Gasteiger partial charge in [-0.15, -0.1) is 0 Å². The van der Waals surface area contributed by atoms with Crippen LogP contribution in [0, 0.1) is 5.92 Å². The van der Waals surface area contributed by atoms with Crippen LogP contribution in [0.15, 0.2) is 0 Å². The van der Waals surface area contributed by atoms with E-state index in [1.807, 2.05) is 0 Å². The predicted octanol–water partition coefficient (Wildman–Crippen LogP) is 2.33. The second-order valence-corrected chi connectivity index (χ2v) is 6.85. The molecule has 0 aliphatic carbocycles. The summed E-state index contributed by atoms with van der Waals surface area (Å²) >= 11 is 2.17. The number of thioether (sulfide) groups is 1. The summed E-state index contributed by atoms with van der Waals surface area (Å²) in [4.78, 5) is 2.76. The lowest BCUT2D eigenvalue weighted by molar-refractivity contribution is 0.112. The van der Waals surface area contributed by atoms with Crippen LogP contribution in [0.3, 0.4) is 0 Å². The third kappa shape index (κ3) is 3.14. The fourth-order valence-electron chi connectivity index (χ4n) is 3.26. The molecule has 3 atom stereocenters. The number of nitrogens with zero attached hydrogens (tertiary/aromatic N) is 1. The van der Waals surface area contributed by atoms with E-state index in [9.17, 15) is 0 Å². The van der Waals surface area contributed by atoms with Crippen LogP contribution in [-0.4, -0.2) is 41.6 Å². The number of piperidine rings is 1. The molecule has 2 aliphatic rings. The molecule has 0 aromatic heterocycles. The van der Waals surface area contributed by atoms with E-state index in [-0.39, 0.29) is 0 Å². The lowest BCUT2D eigenvalue weighted by atomic mass is 9.92. The van der Waals surface area contributed by atoms with Crippen LogP contribution in [0.2, 0.25) is 0 Å². The van der Waals surface area contributed by atoms with Gasteiger partial charge >= 0.3 is 0 Å². The maximum absolute atomic E-state index is 5.69. The molecule has 2 saturated heterocycles. The van der Waals surface area contributed by atoms with Gasteiger partial charge in [-0.2, -0.15) is 11.8 Å². The van der Waals surface area contributed by atoms with Crippen LogP contribution >= 0.6 is 11.8 Å². The molecule has 0 amide bonds.